The molecule has 0 bridgehead atoms. The van der Waals surface area contributed by atoms with Crippen molar-refractivity contribution in [2.75, 3.05) is 0 Å². The Bertz CT molecular complexity index is 2330. The summed E-state index contributed by atoms with van der Waals surface area (Å²) in [5.74, 6) is -2.51. The van der Waals surface area contributed by atoms with Crippen LogP contribution in [-0.2, 0) is 23.8 Å². The van der Waals surface area contributed by atoms with E-state index in [1.165, 1.54) is 15.6 Å². The smallest absolute Gasteiger partial charge is 0.385 e. The Morgan fingerprint density at radius 3 is 1.82 bits per heavy atom. The van der Waals surface area contributed by atoms with Gasteiger partial charge in [-0.25, -0.2) is 14.3 Å². The number of aromatic nitrogens is 2. The minimum atomic E-state index is -1.03. The number of aryl methyl sites for hydroxylation is 5. The van der Waals surface area contributed by atoms with Gasteiger partial charge < -0.3 is 20.4 Å². The van der Waals surface area contributed by atoms with Gasteiger partial charge in [0.15, 0.2) is 5.92 Å². The second kappa shape index (κ2) is 18.3. The van der Waals surface area contributed by atoms with Gasteiger partial charge in [-0.05, 0) is 91.7 Å². The molecule has 0 aliphatic carbocycles. The van der Waals surface area contributed by atoms with Crippen molar-refractivity contribution in [2.24, 2.45) is 21.0 Å². The molecule has 4 aromatic carbocycles. The zero-order valence-corrected chi connectivity index (χ0v) is 32.7. The first kappa shape index (κ1) is 41.6. The molecule has 0 radical (unpaired) electrons. The van der Waals surface area contributed by atoms with Gasteiger partial charge in [-0.1, -0.05) is 62.4 Å². The summed E-state index contributed by atoms with van der Waals surface area (Å²) >= 11 is 0. The summed E-state index contributed by atoms with van der Waals surface area (Å²) in [6.07, 6.45) is 4.31. The Balaban J connectivity index is 0.000000240. The van der Waals surface area contributed by atoms with E-state index in [1.807, 2.05) is 114 Å². The fourth-order valence-corrected chi connectivity index (χ4v) is 6.20. The number of benzene rings is 4. The molecule has 1 aromatic heterocycles. The molecule has 12 nitrogen and oxygen atoms in total. The van der Waals surface area contributed by atoms with E-state index in [2.05, 4.69) is 20.2 Å². The van der Waals surface area contributed by atoms with Crippen LogP contribution in [0, 0.1) is 33.6 Å². The van der Waals surface area contributed by atoms with Gasteiger partial charge >= 0.3 is 17.8 Å². The molecule has 0 spiro atoms. The third-order valence-electron chi connectivity index (χ3n) is 8.78. The average Bonchev–Trinajstić information content (AvgIpc) is 3.65. The molecule has 5 aromatic rings. The number of aromatic hydroxyl groups is 1. The number of carbonyl (C=O) groups is 2. The fraction of sp³-hybridized carbons (Fsp3) is 0.214. The minimum absolute atomic E-state index is 0. The number of aromatic carboxylic acids is 2. The summed E-state index contributed by atoms with van der Waals surface area (Å²) in [6.45, 7) is 11.2. The molecule has 0 saturated heterocycles. The molecule has 55 heavy (non-hydrogen) atoms. The van der Waals surface area contributed by atoms with Crippen LogP contribution in [0.1, 0.15) is 74.5 Å². The summed E-state index contributed by atoms with van der Waals surface area (Å²) in [6, 6.07) is 25.7. The monoisotopic (exact) mass is 779 g/mol. The summed E-state index contributed by atoms with van der Waals surface area (Å²) in [4.78, 5) is 32.0. The Labute approximate surface area is 330 Å². The first-order valence-electron chi connectivity index (χ1n) is 17.5. The van der Waals surface area contributed by atoms with Gasteiger partial charge in [-0.15, -0.1) is 0 Å². The van der Waals surface area contributed by atoms with Crippen molar-refractivity contribution in [3.05, 3.63) is 130 Å². The van der Waals surface area contributed by atoms with Gasteiger partial charge in [0.25, 0.3) is 0 Å². The standard InChI is InChI=1S/2C21H21N3O3.Cr/c2*1-4-18-17(20(25)24(23-18)15-8-6-5-7-9-15)12-22-19-14(3)10-13(2)11-16(19)21(26)27;/h5-12,25H,4H2,1-3H3,(H,26,27);5-12,17H,4H2,1-3H3,(H,26,27);/p+1. The van der Waals surface area contributed by atoms with E-state index in [1.54, 1.807) is 18.3 Å². The van der Waals surface area contributed by atoms with Gasteiger partial charge in [0.05, 0.1) is 39.4 Å². The number of aliphatic imine (C=N–C) groups is 2. The summed E-state index contributed by atoms with van der Waals surface area (Å²) in [5, 5.41) is 49.3. The molecule has 6 rings (SSSR count). The van der Waals surface area contributed by atoms with Gasteiger partial charge in [0, 0.05) is 47.0 Å². The number of hydrogen-bond donors (Lipinski definition) is 4. The molecule has 1 atom stereocenters. The van der Waals surface area contributed by atoms with Gasteiger partial charge in [0.2, 0.25) is 11.6 Å². The van der Waals surface area contributed by atoms with E-state index in [9.17, 15) is 30.0 Å². The normalized spacial score (nSPS) is 13.8. The molecule has 2 heterocycles. The van der Waals surface area contributed by atoms with Gasteiger partial charge in [0.1, 0.15) is 5.71 Å². The maximum absolute atomic E-state index is 11.6. The number of carboxylic acids is 2. The molecule has 0 saturated carbocycles. The van der Waals surface area contributed by atoms with Crippen LogP contribution < -0.4 is 0 Å². The number of para-hydroxylation sites is 2. The van der Waals surface area contributed by atoms with Crippen LogP contribution in [0.15, 0.2) is 100 Å². The molecular weight excluding hydrogens is 736 g/mol. The summed E-state index contributed by atoms with van der Waals surface area (Å²) in [7, 11) is 0. The van der Waals surface area contributed by atoms with Crippen LogP contribution in [0.2, 0.25) is 0 Å². The summed E-state index contributed by atoms with van der Waals surface area (Å²) in [5.41, 5.74) is 7.75. The van der Waals surface area contributed by atoms with Crippen molar-refractivity contribution >= 4 is 53.0 Å². The van der Waals surface area contributed by atoms with Crippen molar-refractivity contribution in [1.82, 2.24) is 9.78 Å². The molecule has 1 aliphatic heterocycles. The van der Waals surface area contributed by atoms with Crippen LogP contribution in [0.5, 0.6) is 5.88 Å². The van der Waals surface area contributed by atoms with E-state index in [0.717, 1.165) is 39.3 Å². The number of hydrazone groups is 1. The average molecular weight is 780 g/mol. The SMILES string of the molecule is CCC1=N[N+](c2ccccc2)=C(O)C1C=Nc1c(C)cc(C)cc1C(=O)O.CCc1nn(-c2ccccc2)c(O)c1C=Nc1c(C)cc(C)cc1C(=O)O.[Cr]. The van der Waals surface area contributed by atoms with Crippen molar-refractivity contribution in [3.8, 4) is 11.6 Å². The van der Waals surface area contributed by atoms with E-state index in [4.69, 9.17) is 0 Å². The second-order valence-electron chi connectivity index (χ2n) is 12.8. The molecule has 1 aliphatic rings. The van der Waals surface area contributed by atoms with Crippen molar-refractivity contribution in [3.63, 3.8) is 0 Å². The van der Waals surface area contributed by atoms with Crippen LogP contribution in [-0.4, -0.2) is 70.9 Å². The number of nitrogens with zero attached hydrogens (tertiary/aromatic N) is 6. The van der Waals surface area contributed by atoms with Gasteiger partial charge in [-0.3, -0.25) is 9.98 Å². The third-order valence-corrected chi connectivity index (χ3v) is 8.78. The summed E-state index contributed by atoms with van der Waals surface area (Å²) < 4.78 is 2.95. The molecule has 282 valence electrons. The van der Waals surface area contributed by atoms with E-state index >= 15 is 0 Å². The molecule has 0 amide bonds. The largest absolute Gasteiger partial charge is 0.493 e. The van der Waals surface area contributed by atoms with Crippen LogP contribution in [0.4, 0.5) is 17.1 Å². The molecular formula is C42H43CrN6O6+. The first-order valence-corrected chi connectivity index (χ1v) is 17.5. The number of hydrogen-bond acceptors (Lipinski definition) is 7. The zero-order valence-electron chi connectivity index (χ0n) is 31.4. The van der Waals surface area contributed by atoms with Crippen molar-refractivity contribution in [2.45, 2.75) is 54.4 Å². The predicted molar refractivity (Wildman–Crippen MR) is 211 cm³/mol. The van der Waals surface area contributed by atoms with E-state index in [-0.39, 0.29) is 40.3 Å². The van der Waals surface area contributed by atoms with E-state index in [0.29, 0.717) is 35.5 Å². The van der Waals surface area contributed by atoms with E-state index < -0.39 is 17.9 Å². The van der Waals surface area contributed by atoms with Crippen LogP contribution in [0.25, 0.3) is 5.69 Å². The Morgan fingerprint density at radius 1 is 0.782 bits per heavy atom. The predicted octanol–water partition coefficient (Wildman–Crippen LogP) is 8.60. The van der Waals surface area contributed by atoms with Gasteiger partial charge in [-0.2, -0.15) is 5.10 Å². The number of rotatable bonds is 10. The van der Waals surface area contributed by atoms with Crippen LogP contribution in [0.3, 0.4) is 0 Å². The zero-order chi connectivity index (χ0) is 39.1. The fourth-order valence-electron chi connectivity index (χ4n) is 6.20. The Hall–Kier alpha value is -6.16. The molecule has 4 N–H and O–H groups in total. The quantitative estimate of drug-likeness (QED) is 0.0812. The van der Waals surface area contributed by atoms with Crippen molar-refractivity contribution in [1.29, 1.82) is 0 Å². The topological polar surface area (TPSA) is 173 Å². The Morgan fingerprint density at radius 2 is 1.31 bits per heavy atom. The number of aliphatic hydroxyl groups is 1. The maximum Gasteiger partial charge on any atom is 0.385 e. The molecule has 13 heteroatoms. The maximum atomic E-state index is 11.6. The first-order chi connectivity index (χ1) is 25.8. The second-order valence-corrected chi connectivity index (χ2v) is 12.8. The van der Waals surface area contributed by atoms with Crippen LogP contribution >= 0.6 is 0 Å². The molecule has 1 unspecified atom stereocenters. The molecule has 0 fully saturated rings. The minimum Gasteiger partial charge on any atom is -0.493 e. The Kier molecular flexibility index (Phi) is 13.8. The number of aliphatic hydroxyl groups excluding tert-OH is 1. The third kappa shape index (κ3) is 9.32. The number of carboxylic acid groups (broad SMARTS) is 2. The van der Waals surface area contributed by atoms with Crippen molar-refractivity contribution < 1.29 is 52.1 Å².